The third kappa shape index (κ3) is 2.81. The van der Waals surface area contributed by atoms with Gasteiger partial charge >= 0.3 is 0 Å². The first-order valence-corrected chi connectivity index (χ1v) is 5.53. The molecule has 2 N–H and O–H groups in total. The third-order valence-corrected chi connectivity index (χ3v) is 2.79. The van der Waals surface area contributed by atoms with Crippen molar-refractivity contribution in [2.75, 3.05) is 0 Å². The van der Waals surface area contributed by atoms with Gasteiger partial charge in [0.15, 0.2) is 0 Å². The van der Waals surface area contributed by atoms with E-state index in [4.69, 9.17) is 10.2 Å². The summed E-state index contributed by atoms with van der Waals surface area (Å²) < 4.78 is 5.12. The summed E-state index contributed by atoms with van der Waals surface area (Å²) in [5.74, 6) is 0.816. The predicted molar refractivity (Wildman–Crippen MR) is 58.2 cm³/mol. The van der Waals surface area contributed by atoms with Crippen LogP contribution in [0.25, 0.3) is 0 Å². The van der Waals surface area contributed by atoms with Crippen LogP contribution in [0.1, 0.15) is 11.3 Å². The monoisotopic (exact) mass is 221 g/mol. The summed E-state index contributed by atoms with van der Waals surface area (Å²) in [6.45, 7) is 0.470. The minimum atomic E-state index is 0.470. The molecule has 0 aliphatic heterocycles. The second-order valence-electron chi connectivity index (χ2n) is 2.95. The van der Waals surface area contributed by atoms with E-state index in [1.54, 1.807) is 30.4 Å². The number of nitrogens with two attached hydrogens (primary N) is 1. The summed E-state index contributed by atoms with van der Waals surface area (Å²) in [6.07, 6.45) is 4.98. The van der Waals surface area contributed by atoms with Crippen molar-refractivity contribution in [2.24, 2.45) is 5.73 Å². The fraction of sp³-hybridized carbons (Fsp3) is 0.200. The van der Waals surface area contributed by atoms with Crippen molar-refractivity contribution in [3.05, 3.63) is 42.0 Å². The number of hydrogen-bond acceptors (Lipinski definition) is 5. The number of rotatable bonds is 4. The highest BCUT2D eigenvalue weighted by molar-refractivity contribution is 7.98. The zero-order valence-corrected chi connectivity index (χ0v) is 8.91. The molecule has 78 valence electrons. The van der Waals surface area contributed by atoms with E-state index >= 15 is 0 Å². The predicted octanol–water partition coefficient (Wildman–Crippen LogP) is 1.82. The van der Waals surface area contributed by atoms with E-state index in [2.05, 4.69) is 9.97 Å². The molecule has 0 saturated heterocycles. The fourth-order valence-corrected chi connectivity index (χ4v) is 1.88. The minimum absolute atomic E-state index is 0.470. The topological polar surface area (TPSA) is 64.9 Å². The Balaban J connectivity index is 1.98. The Morgan fingerprint density at radius 1 is 1.33 bits per heavy atom. The van der Waals surface area contributed by atoms with Crippen LogP contribution in [0.4, 0.5) is 0 Å². The molecule has 0 fully saturated rings. The molecular weight excluding hydrogens is 210 g/mol. The molecule has 0 aromatic carbocycles. The van der Waals surface area contributed by atoms with Crippen LogP contribution in [0.5, 0.6) is 0 Å². The lowest BCUT2D eigenvalue weighted by atomic mass is 10.2. The molecule has 0 unspecified atom stereocenters. The van der Waals surface area contributed by atoms with Crippen LogP contribution < -0.4 is 5.73 Å². The van der Waals surface area contributed by atoms with Gasteiger partial charge in [-0.05, 0) is 17.7 Å². The summed E-state index contributed by atoms with van der Waals surface area (Å²) >= 11 is 1.55. The summed E-state index contributed by atoms with van der Waals surface area (Å²) in [7, 11) is 0. The van der Waals surface area contributed by atoms with Gasteiger partial charge in [-0.25, -0.2) is 4.98 Å². The Labute approximate surface area is 91.9 Å². The Hall–Kier alpha value is -1.33. The van der Waals surface area contributed by atoms with Gasteiger partial charge in [0.05, 0.1) is 11.9 Å². The van der Waals surface area contributed by atoms with Gasteiger partial charge in [-0.15, -0.1) is 0 Å². The van der Waals surface area contributed by atoms with Crippen molar-refractivity contribution >= 4 is 11.8 Å². The highest BCUT2D eigenvalue weighted by atomic mass is 32.2. The van der Waals surface area contributed by atoms with Gasteiger partial charge in [-0.2, -0.15) is 0 Å². The lowest BCUT2D eigenvalue weighted by molar-refractivity contribution is 0.454. The Kier molecular flexibility index (Phi) is 3.37. The fourth-order valence-electron chi connectivity index (χ4n) is 1.16. The van der Waals surface area contributed by atoms with E-state index in [-0.39, 0.29) is 0 Å². The second kappa shape index (κ2) is 4.95. The van der Waals surface area contributed by atoms with Crippen LogP contribution in [-0.2, 0) is 12.3 Å². The van der Waals surface area contributed by atoms with Gasteiger partial charge in [0.25, 0.3) is 5.22 Å². The van der Waals surface area contributed by atoms with E-state index in [0.717, 1.165) is 11.4 Å². The van der Waals surface area contributed by atoms with Crippen molar-refractivity contribution in [2.45, 2.75) is 17.5 Å². The number of aromatic nitrogens is 2. The number of nitrogens with zero attached hydrogens (tertiary/aromatic N) is 2. The number of oxazole rings is 1. The third-order valence-electron chi connectivity index (χ3n) is 1.86. The molecule has 15 heavy (non-hydrogen) atoms. The van der Waals surface area contributed by atoms with E-state index in [1.165, 1.54) is 5.56 Å². The molecule has 0 saturated carbocycles. The van der Waals surface area contributed by atoms with Crippen LogP contribution in [0.3, 0.4) is 0 Å². The van der Waals surface area contributed by atoms with Gasteiger partial charge < -0.3 is 10.2 Å². The van der Waals surface area contributed by atoms with Crippen molar-refractivity contribution in [1.82, 2.24) is 9.97 Å². The number of hydrogen-bond donors (Lipinski definition) is 1. The van der Waals surface area contributed by atoms with Crippen molar-refractivity contribution in [3.63, 3.8) is 0 Å². The van der Waals surface area contributed by atoms with Gasteiger partial charge in [-0.1, -0.05) is 11.8 Å². The molecule has 0 aliphatic carbocycles. The van der Waals surface area contributed by atoms with Crippen molar-refractivity contribution < 1.29 is 4.42 Å². The highest BCUT2D eigenvalue weighted by Gasteiger charge is 2.00. The lowest BCUT2D eigenvalue weighted by Gasteiger charge is -2.00. The lowest BCUT2D eigenvalue weighted by Crippen LogP contribution is -1.99. The number of pyridine rings is 1. The molecule has 5 heteroatoms. The SMILES string of the molecule is NCc1cc(CSc2ncco2)ccn1. The molecule has 4 nitrogen and oxygen atoms in total. The quantitative estimate of drug-likeness (QED) is 0.798. The highest BCUT2D eigenvalue weighted by Crippen LogP contribution is 2.20. The minimum Gasteiger partial charge on any atom is -0.440 e. The zero-order chi connectivity index (χ0) is 10.5. The van der Waals surface area contributed by atoms with E-state index in [0.29, 0.717) is 11.8 Å². The molecule has 0 spiro atoms. The van der Waals surface area contributed by atoms with E-state index in [9.17, 15) is 0 Å². The molecule has 2 heterocycles. The average molecular weight is 221 g/mol. The standard InChI is InChI=1S/C10H11N3OS/c11-6-9-5-8(1-2-12-9)7-15-10-13-3-4-14-10/h1-5H,6-7,11H2. The Bertz CT molecular complexity index is 416. The number of thioether (sulfide) groups is 1. The molecule has 0 radical (unpaired) electrons. The van der Waals surface area contributed by atoms with Crippen LogP contribution in [0.2, 0.25) is 0 Å². The maximum Gasteiger partial charge on any atom is 0.255 e. The first kappa shape index (κ1) is 10.2. The van der Waals surface area contributed by atoms with Gasteiger partial charge in [-0.3, -0.25) is 4.98 Å². The first-order chi connectivity index (χ1) is 7.38. The van der Waals surface area contributed by atoms with Crippen molar-refractivity contribution in [3.8, 4) is 0 Å². The van der Waals surface area contributed by atoms with Crippen molar-refractivity contribution in [1.29, 1.82) is 0 Å². The average Bonchev–Trinajstić information content (AvgIpc) is 2.79. The summed E-state index contributed by atoms with van der Waals surface area (Å²) in [5.41, 5.74) is 7.59. The maximum atomic E-state index is 5.51. The summed E-state index contributed by atoms with van der Waals surface area (Å²) in [6, 6.07) is 3.96. The Morgan fingerprint density at radius 3 is 3.00 bits per heavy atom. The van der Waals surface area contributed by atoms with E-state index < -0.39 is 0 Å². The van der Waals surface area contributed by atoms with E-state index in [1.807, 2.05) is 12.1 Å². The summed E-state index contributed by atoms with van der Waals surface area (Å²) in [5, 5.41) is 0.682. The summed E-state index contributed by atoms with van der Waals surface area (Å²) in [4.78, 5) is 8.16. The van der Waals surface area contributed by atoms with Crippen LogP contribution in [0.15, 0.2) is 40.4 Å². The molecule has 0 bridgehead atoms. The normalized spacial score (nSPS) is 10.5. The molecule has 2 aromatic heterocycles. The van der Waals surface area contributed by atoms with Gasteiger partial charge in [0, 0.05) is 18.5 Å². The molecule has 2 aromatic rings. The first-order valence-electron chi connectivity index (χ1n) is 4.54. The second-order valence-corrected chi connectivity index (χ2v) is 3.87. The molecule has 0 atom stereocenters. The maximum absolute atomic E-state index is 5.51. The van der Waals surface area contributed by atoms with Gasteiger partial charge in [0.2, 0.25) is 0 Å². The molecule has 2 rings (SSSR count). The van der Waals surface area contributed by atoms with Crippen LogP contribution in [0, 0.1) is 0 Å². The van der Waals surface area contributed by atoms with Gasteiger partial charge in [0.1, 0.15) is 6.26 Å². The molecular formula is C10H11N3OS. The Morgan fingerprint density at radius 2 is 2.27 bits per heavy atom. The molecule has 0 amide bonds. The van der Waals surface area contributed by atoms with Crippen LogP contribution >= 0.6 is 11.8 Å². The largest absolute Gasteiger partial charge is 0.440 e. The molecule has 0 aliphatic rings. The zero-order valence-electron chi connectivity index (χ0n) is 8.09. The van der Waals surface area contributed by atoms with Crippen LogP contribution in [-0.4, -0.2) is 9.97 Å². The smallest absolute Gasteiger partial charge is 0.255 e.